The first-order valence-corrected chi connectivity index (χ1v) is 16.2. The summed E-state index contributed by atoms with van der Waals surface area (Å²) in [5.74, 6) is 1.17. The molecule has 54 heavy (non-hydrogen) atoms. The molecule has 4 heterocycles. The predicted octanol–water partition coefficient (Wildman–Crippen LogP) is 9.20. The van der Waals surface area contributed by atoms with Crippen LogP contribution in [0.15, 0.2) is 48.8 Å². The van der Waals surface area contributed by atoms with Gasteiger partial charge in [-0.3, -0.25) is 14.6 Å². The van der Waals surface area contributed by atoms with Crippen LogP contribution in [0.5, 0.6) is 11.8 Å². The van der Waals surface area contributed by atoms with Crippen molar-refractivity contribution < 1.29 is 45.4 Å². The molecule has 2 aliphatic rings. The van der Waals surface area contributed by atoms with Crippen molar-refractivity contribution in [3.05, 3.63) is 77.0 Å². The van der Waals surface area contributed by atoms with Crippen molar-refractivity contribution in [2.24, 2.45) is 10.8 Å². The van der Waals surface area contributed by atoms with Gasteiger partial charge in [-0.2, -0.15) is 31.4 Å². The SMILES string of the molecule is C.C.CC(=O)c1ccc(-n2ccc(OCCC3(C(F)(F)F)CC3)n2)nc1C.CC(=O)c1ccc(C)nc1C.FC(F)(F)C1(CCOc2ccn[nH]2)CC1.[B-]. The molecule has 296 valence electrons. The Hall–Kier alpha value is -4.70. The molecule has 2 saturated carbocycles. The smallest absolute Gasteiger partial charge is 0.394 e. The number of nitrogens with one attached hydrogen (secondary N) is 1. The summed E-state index contributed by atoms with van der Waals surface area (Å²) >= 11 is 0. The predicted molar refractivity (Wildman–Crippen MR) is 193 cm³/mol. The number of carbonyl (C=O) groups excluding carboxylic acids is 2. The number of alkyl halides is 6. The molecule has 17 heteroatoms. The number of pyridine rings is 2. The summed E-state index contributed by atoms with van der Waals surface area (Å²) in [5, 5.41) is 10.3. The molecule has 4 aromatic rings. The van der Waals surface area contributed by atoms with Crippen molar-refractivity contribution in [1.82, 2.24) is 29.9 Å². The summed E-state index contributed by atoms with van der Waals surface area (Å²) in [7, 11) is 0. The molecule has 4 aromatic heterocycles. The van der Waals surface area contributed by atoms with Crippen molar-refractivity contribution in [3.8, 4) is 17.6 Å². The molecule has 10 nitrogen and oxygen atoms in total. The number of nitrogens with zero attached hydrogens (tertiary/aromatic N) is 5. The standard InChI is InChI=1S/C17H18F3N3O2.C9H11F3N2O.C9H11NO.2CH4.B/c1-11-13(12(2)24)3-4-14(21-11)23-9-5-15(22-23)25-10-8-16(6-7-16)17(18,19)20;10-9(11,12)8(2-3-8)4-6-15-7-1-5-13-14-7;1-6-4-5-9(8(3)11)7(2)10-6;;;/h3-5,9H,6-8,10H2,1-2H3;1,5H,2-4,6H2,(H,13,14);4-5H,1-3H3;2*1H4;/q;;;;;-1. The number of carbonyl (C=O) groups is 2. The van der Waals surface area contributed by atoms with Crippen LogP contribution in [-0.2, 0) is 0 Å². The fraction of sp³-hybridized carbons (Fsp3) is 0.514. The van der Waals surface area contributed by atoms with Gasteiger partial charge >= 0.3 is 12.4 Å². The average Bonchev–Trinajstić information content (AvgIpc) is 3.90. The van der Waals surface area contributed by atoms with Gasteiger partial charge in [-0.1, -0.05) is 14.9 Å². The highest BCUT2D eigenvalue weighted by molar-refractivity contribution is 5.95. The topological polar surface area (TPSA) is 125 Å². The Morgan fingerprint density at radius 2 is 1.26 bits per heavy atom. The Kier molecular flexibility index (Phi) is 16.7. The van der Waals surface area contributed by atoms with Crippen LogP contribution in [0.4, 0.5) is 26.3 Å². The Bertz CT molecular complexity index is 1800. The summed E-state index contributed by atoms with van der Waals surface area (Å²) in [4.78, 5) is 30.9. The first kappa shape index (κ1) is 47.3. The van der Waals surface area contributed by atoms with Crippen LogP contribution in [0.25, 0.3) is 5.82 Å². The van der Waals surface area contributed by atoms with Gasteiger partial charge < -0.3 is 17.9 Å². The number of ether oxygens (including phenoxy) is 2. The highest BCUT2D eigenvalue weighted by atomic mass is 19.4. The molecule has 0 aromatic carbocycles. The van der Waals surface area contributed by atoms with E-state index < -0.39 is 23.2 Å². The van der Waals surface area contributed by atoms with Crippen molar-refractivity contribution in [3.63, 3.8) is 0 Å². The first-order chi connectivity index (χ1) is 23.9. The maximum atomic E-state index is 12.9. The number of aromatic nitrogens is 6. The minimum Gasteiger partial charge on any atom is -1.00 e. The van der Waals surface area contributed by atoms with Crippen LogP contribution in [0.2, 0.25) is 0 Å². The zero-order valence-corrected chi connectivity index (χ0v) is 29.5. The lowest BCUT2D eigenvalue weighted by atomic mass is 10.0. The summed E-state index contributed by atoms with van der Waals surface area (Å²) < 4.78 is 88.0. The van der Waals surface area contributed by atoms with Gasteiger partial charge in [0.25, 0.3) is 0 Å². The van der Waals surface area contributed by atoms with E-state index in [9.17, 15) is 35.9 Å². The largest absolute Gasteiger partial charge is 1.00 e. The molecule has 0 atom stereocenters. The lowest BCUT2D eigenvalue weighted by molar-refractivity contribution is -0.190. The quantitative estimate of drug-likeness (QED) is 0.0911. The van der Waals surface area contributed by atoms with E-state index in [4.69, 9.17) is 9.47 Å². The first-order valence-electron chi connectivity index (χ1n) is 16.2. The van der Waals surface area contributed by atoms with E-state index in [1.165, 1.54) is 17.8 Å². The number of rotatable bonds is 11. The van der Waals surface area contributed by atoms with Crippen molar-refractivity contribution >= 4 is 20.0 Å². The summed E-state index contributed by atoms with van der Waals surface area (Å²) in [6.45, 7) is 8.55. The van der Waals surface area contributed by atoms with Gasteiger partial charge in [0.15, 0.2) is 17.4 Å². The van der Waals surface area contributed by atoms with Crippen LogP contribution in [-0.4, -0.2) is 75.5 Å². The van der Waals surface area contributed by atoms with Crippen LogP contribution in [0.3, 0.4) is 0 Å². The van der Waals surface area contributed by atoms with Crippen LogP contribution >= 0.6 is 0 Å². The van der Waals surface area contributed by atoms with E-state index in [1.807, 2.05) is 26.0 Å². The average molecular weight is 766 g/mol. The third-order valence-corrected chi connectivity index (χ3v) is 8.91. The highest BCUT2D eigenvalue weighted by Gasteiger charge is 2.63. The second-order valence-electron chi connectivity index (χ2n) is 12.8. The van der Waals surface area contributed by atoms with Crippen molar-refractivity contribution in [1.29, 1.82) is 0 Å². The number of aryl methyl sites for hydroxylation is 3. The fourth-order valence-electron chi connectivity index (χ4n) is 5.30. The molecule has 0 unspecified atom stereocenters. The third-order valence-electron chi connectivity index (χ3n) is 8.91. The van der Waals surface area contributed by atoms with Gasteiger partial charge in [0, 0.05) is 40.8 Å². The monoisotopic (exact) mass is 765 g/mol. The molecule has 0 saturated heterocycles. The molecule has 0 amide bonds. The van der Waals surface area contributed by atoms with Gasteiger partial charge in [-0.25, -0.2) is 14.8 Å². The molecule has 2 aliphatic carbocycles. The number of aromatic amines is 1. The maximum absolute atomic E-state index is 12.9. The number of H-pyrrole nitrogens is 1. The maximum Gasteiger partial charge on any atom is 0.394 e. The number of halogens is 6. The summed E-state index contributed by atoms with van der Waals surface area (Å²) in [6.07, 6.45) is -4.41. The van der Waals surface area contributed by atoms with E-state index in [1.54, 1.807) is 44.3 Å². The summed E-state index contributed by atoms with van der Waals surface area (Å²) in [6, 6.07) is 10.1. The molecule has 0 bridgehead atoms. The van der Waals surface area contributed by atoms with Crippen LogP contribution in [0.1, 0.15) is 105 Å². The zero-order chi connectivity index (χ0) is 37.6. The van der Waals surface area contributed by atoms with Gasteiger partial charge in [0.2, 0.25) is 11.8 Å². The molecule has 0 aliphatic heterocycles. The Balaban J connectivity index is 0.000000431. The molecular weight excluding hydrogens is 717 g/mol. The molecule has 0 spiro atoms. The molecule has 4 radical (unpaired) electrons. The minimum atomic E-state index is -4.17. The number of ketones is 2. The van der Waals surface area contributed by atoms with Crippen molar-refractivity contribution in [2.75, 3.05) is 13.2 Å². The van der Waals surface area contributed by atoms with Gasteiger partial charge in [-0.05, 0) is 97.4 Å². The van der Waals surface area contributed by atoms with E-state index in [2.05, 4.69) is 25.3 Å². The number of hydrogen-bond acceptors (Lipinski definition) is 8. The normalized spacial score (nSPS) is 14.6. The Morgan fingerprint density at radius 1 is 0.759 bits per heavy atom. The van der Waals surface area contributed by atoms with Crippen molar-refractivity contribution in [2.45, 2.75) is 100 Å². The Labute approximate surface area is 314 Å². The third kappa shape index (κ3) is 12.2. The van der Waals surface area contributed by atoms with E-state index in [-0.39, 0.29) is 92.5 Å². The summed E-state index contributed by atoms with van der Waals surface area (Å²) in [5.41, 5.74) is 0.558. The van der Waals surface area contributed by atoms with E-state index in [0.717, 1.165) is 17.0 Å². The lowest BCUT2D eigenvalue weighted by Crippen LogP contribution is -2.26. The molecule has 6 rings (SSSR count). The van der Waals surface area contributed by atoms with E-state index >= 15 is 0 Å². The number of Topliss-reactive ketones (excluding diaryl/α,β-unsaturated/α-hetero) is 2. The van der Waals surface area contributed by atoms with Crippen LogP contribution < -0.4 is 9.47 Å². The number of hydrogen-bond donors (Lipinski definition) is 1. The minimum absolute atomic E-state index is 0. The zero-order valence-electron chi connectivity index (χ0n) is 29.5. The van der Waals surface area contributed by atoms with Gasteiger partial charge in [0.05, 0.1) is 35.9 Å². The van der Waals surface area contributed by atoms with Gasteiger partial charge in [-0.15, -0.1) is 5.10 Å². The Morgan fingerprint density at radius 3 is 1.69 bits per heavy atom. The highest BCUT2D eigenvalue weighted by Crippen LogP contribution is 2.60. The fourth-order valence-corrected chi connectivity index (χ4v) is 5.30. The van der Waals surface area contributed by atoms with Gasteiger partial charge in [0.1, 0.15) is 0 Å². The molecule has 2 fully saturated rings. The van der Waals surface area contributed by atoms with Crippen LogP contribution in [0, 0.1) is 31.6 Å². The second-order valence-corrected chi connectivity index (χ2v) is 12.8. The second kappa shape index (κ2) is 19.1. The van der Waals surface area contributed by atoms with E-state index in [0.29, 0.717) is 23.0 Å². The molecular formula is C37H48BF6N6O4-. The lowest BCUT2D eigenvalue weighted by Gasteiger charge is -2.18. The molecule has 1 N–H and O–H groups in total.